The maximum atomic E-state index is 12.5. The third-order valence-electron chi connectivity index (χ3n) is 4.94. The summed E-state index contributed by atoms with van der Waals surface area (Å²) in [5.74, 6) is -0.0970. The summed E-state index contributed by atoms with van der Waals surface area (Å²) in [5, 5.41) is 7.36. The SMILES string of the molecule is Cc1nn2cccnc2c1C(=O)NCCCN1CCc2ccccc2C1. The highest BCUT2D eigenvalue weighted by molar-refractivity contribution is 6.00. The second-order valence-electron chi connectivity index (χ2n) is 6.75. The smallest absolute Gasteiger partial charge is 0.257 e. The molecule has 0 spiro atoms. The molecule has 0 unspecified atom stereocenters. The van der Waals surface area contributed by atoms with Crippen LogP contribution < -0.4 is 5.32 Å². The van der Waals surface area contributed by atoms with Gasteiger partial charge in [0, 0.05) is 38.6 Å². The van der Waals surface area contributed by atoms with Crippen molar-refractivity contribution in [2.45, 2.75) is 26.3 Å². The van der Waals surface area contributed by atoms with Crippen LogP contribution in [0.1, 0.15) is 33.6 Å². The summed E-state index contributed by atoms with van der Waals surface area (Å²) in [7, 11) is 0. The zero-order chi connectivity index (χ0) is 17.9. The molecule has 0 aliphatic carbocycles. The average Bonchev–Trinajstić information content (AvgIpc) is 3.00. The van der Waals surface area contributed by atoms with E-state index in [9.17, 15) is 4.79 Å². The van der Waals surface area contributed by atoms with E-state index < -0.39 is 0 Å². The predicted molar refractivity (Wildman–Crippen MR) is 100 cm³/mol. The molecule has 0 bridgehead atoms. The van der Waals surface area contributed by atoms with Gasteiger partial charge in [0.15, 0.2) is 5.65 Å². The Bertz CT molecular complexity index is 933. The van der Waals surface area contributed by atoms with Gasteiger partial charge in [0.1, 0.15) is 5.56 Å². The molecule has 0 fully saturated rings. The first-order valence-corrected chi connectivity index (χ1v) is 9.09. The number of amides is 1. The average molecular weight is 349 g/mol. The molecule has 0 atom stereocenters. The van der Waals surface area contributed by atoms with Crippen molar-refractivity contribution in [2.75, 3.05) is 19.6 Å². The Kier molecular flexibility index (Phi) is 4.67. The molecule has 0 saturated carbocycles. The minimum Gasteiger partial charge on any atom is -0.352 e. The number of carbonyl (C=O) groups excluding carboxylic acids is 1. The summed E-state index contributed by atoms with van der Waals surface area (Å²) in [6.45, 7) is 5.57. The second kappa shape index (κ2) is 7.25. The molecular formula is C20H23N5O. The Labute approximate surface area is 152 Å². The minimum absolute atomic E-state index is 0.0970. The van der Waals surface area contributed by atoms with Gasteiger partial charge in [-0.1, -0.05) is 24.3 Å². The van der Waals surface area contributed by atoms with Gasteiger partial charge in [-0.3, -0.25) is 9.69 Å². The minimum atomic E-state index is -0.0970. The number of aryl methyl sites for hydroxylation is 1. The number of hydrogen-bond donors (Lipinski definition) is 1. The lowest BCUT2D eigenvalue weighted by Gasteiger charge is -2.28. The topological polar surface area (TPSA) is 62.5 Å². The van der Waals surface area contributed by atoms with Crippen molar-refractivity contribution >= 4 is 11.6 Å². The van der Waals surface area contributed by atoms with Gasteiger partial charge in [-0.25, -0.2) is 9.50 Å². The Balaban J connectivity index is 1.30. The van der Waals surface area contributed by atoms with Crippen LogP contribution in [-0.2, 0) is 13.0 Å². The molecular weight excluding hydrogens is 326 g/mol. The Hall–Kier alpha value is -2.73. The highest BCUT2D eigenvalue weighted by atomic mass is 16.1. The summed E-state index contributed by atoms with van der Waals surface area (Å²) < 4.78 is 1.65. The van der Waals surface area contributed by atoms with Crippen LogP contribution in [0.15, 0.2) is 42.7 Å². The standard InChI is InChI=1S/C20H23N5O/c1-15-18(19-21-9-5-12-25(19)23-15)20(26)22-10-4-11-24-13-8-16-6-2-3-7-17(16)14-24/h2-3,5-7,9,12H,4,8,10-11,13-14H2,1H3,(H,22,26). The van der Waals surface area contributed by atoms with E-state index in [1.807, 2.05) is 6.92 Å². The van der Waals surface area contributed by atoms with Crippen molar-refractivity contribution in [3.05, 3.63) is 65.1 Å². The summed E-state index contributed by atoms with van der Waals surface area (Å²) in [6, 6.07) is 10.5. The van der Waals surface area contributed by atoms with E-state index in [1.54, 1.807) is 23.0 Å². The third-order valence-corrected chi connectivity index (χ3v) is 4.94. The van der Waals surface area contributed by atoms with E-state index in [2.05, 4.69) is 44.6 Å². The van der Waals surface area contributed by atoms with Crippen LogP contribution in [0.5, 0.6) is 0 Å². The number of nitrogens with one attached hydrogen (secondary N) is 1. The highest BCUT2D eigenvalue weighted by Gasteiger charge is 2.18. The lowest BCUT2D eigenvalue weighted by Crippen LogP contribution is -2.33. The molecule has 2 aromatic heterocycles. The molecule has 6 heteroatoms. The van der Waals surface area contributed by atoms with E-state index in [0.29, 0.717) is 23.4 Å². The first kappa shape index (κ1) is 16.7. The van der Waals surface area contributed by atoms with Crippen LogP contribution in [0, 0.1) is 6.92 Å². The molecule has 4 rings (SSSR count). The van der Waals surface area contributed by atoms with Gasteiger partial charge in [0.05, 0.1) is 5.69 Å². The Morgan fingerprint density at radius 3 is 2.96 bits per heavy atom. The number of nitrogens with zero attached hydrogens (tertiary/aromatic N) is 4. The second-order valence-corrected chi connectivity index (χ2v) is 6.75. The van der Waals surface area contributed by atoms with Crippen LogP contribution in [-0.4, -0.2) is 45.0 Å². The Morgan fingerprint density at radius 2 is 2.08 bits per heavy atom. The number of benzene rings is 1. The summed E-state index contributed by atoms with van der Waals surface area (Å²) in [5.41, 5.74) is 4.77. The fourth-order valence-corrected chi connectivity index (χ4v) is 3.60. The molecule has 6 nitrogen and oxygen atoms in total. The molecule has 0 saturated heterocycles. The van der Waals surface area contributed by atoms with Crippen LogP contribution >= 0.6 is 0 Å². The van der Waals surface area contributed by atoms with Crippen molar-refractivity contribution in [3.63, 3.8) is 0 Å². The Morgan fingerprint density at radius 1 is 1.23 bits per heavy atom. The molecule has 1 amide bonds. The van der Waals surface area contributed by atoms with Gasteiger partial charge >= 0.3 is 0 Å². The zero-order valence-corrected chi connectivity index (χ0v) is 15.0. The third kappa shape index (κ3) is 3.32. The van der Waals surface area contributed by atoms with Gasteiger partial charge < -0.3 is 5.32 Å². The molecule has 1 aromatic carbocycles. The van der Waals surface area contributed by atoms with Crippen molar-refractivity contribution in [1.82, 2.24) is 24.8 Å². The molecule has 0 radical (unpaired) electrons. The van der Waals surface area contributed by atoms with E-state index in [0.717, 1.165) is 32.5 Å². The summed E-state index contributed by atoms with van der Waals surface area (Å²) in [6.07, 6.45) is 5.52. The largest absolute Gasteiger partial charge is 0.352 e. The molecule has 3 aromatic rings. The maximum absolute atomic E-state index is 12.5. The van der Waals surface area contributed by atoms with Crippen molar-refractivity contribution in [1.29, 1.82) is 0 Å². The molecule has 134 valence electrons. The van der Waals surface area contributed by atoms with E-state index in [1.165, 1.54) is 11.1 Å². The van der Waals surface area contributed by atoms with Crippen LogP contribution in [0.25, 0.3) is 5.65 Å². The maximum Gasteiger partial charge on any atom is 0.257 e. The van der Waals surface area contributed by atoms with Crippen molar-refractivity contribution < 1.29 is 4.79 Å². The monoisotopic (exact) mass is 349 g/mol. The first-order chi connectivity index (χ1) is 12.7. The number of carbonyl (C=O) groups is 1. The fraction of sp³-hybridized carbons (Fsp3) is 0.350. The van der Waals surface area contributed by atoms with Crippen LogP contribution in [0.2, 0.25) is 0 Å². The van der Waals surface area contributed by atoms with Gasteiger partial charge in [0.25, 0.3) is 5.91 Å². The quantitative estimate of drug-likeness (QED) is 0.718. The number of hydrogen-bond acceptors (Lipinski definition) is 4. The van der Waals surface area contributed by atoms with E-state index in [4.69, 9.17) is 0 Å². The molecule has 26 heavy (non-hydrogen) atoms. The van der Waals surface area contributed by atoms with Crippen molar-refractivity contribution in [3.8, 4) is 0 Å². The number of aromatic nitrogens is 3. The zero-order valence-electron chi connectivity index (χ0n) is 15.0. The highest BCUT2D eigenvalue weighted by Crippen LogP contribution is 2.18. The number of rotatable bonds is 5. The van der Waals surface area contributed by atoms with E-state index in [-0.39, 0.29) is 5.91 Å². The van der Waals surface area contributed by atoms with Gasteiger partial charge in [-0.15, -0.1) is 0 Å². The lowest BCUT2D eigenvalue weighted by atomic mass is 10.00. The van der Waals surface area contributed by atoms with E-state index >= 15 is 0 Å². The van der Waals surface area contributed by atoms with Crippen LogP contribution in [0.3, 0.4) is 0 Å². The summed E-state index contributed by atoms with van der Waals surface area (Å²) >= 11 is 0. The molecule has 1 aliphatic heterocycles. The lowest BCUT2D eigenvalue weighted by molar-refractivity contribution is 0.0952. The fourth-order valence-electron chi connectivity index (χ4n) is 3.60. The number of fused-ring (bicyclic) bond motifs is 2. The van der Waals surface area contributed by atoms with Gasteiger partial charge in [-0.2, -0.15) is 5.10 Å². The van der Waals surface area contributed by atoms with Gasteiger partial charge in [-0.05, 0) is 37.0 Å². The first-order valence-electron chi connectivity index (χ1n) is 9.09. The molecule has 1 N–H and O–H groups in total. The molecule has 3 heterocycles. The van der Waals surface area contributed by atoms with Crippen molar-refractivity contribution in [2.24, 2.45) is 0 Å². The summed E-state index contributed by atoms with van der Waals surface area (Å²) in [4.78, 5) is 19.3. The van der Waals surface area contributed by atoms with Gasteiger partial charge in [0.2, 0.25) is 0 Å². The predicted octanol–water partition coefficient (Wildman–Crippen LogP) is 2.22. The molecule has 1 aliphatic rings. The normalized spacial score (nSPS) is 14.3. The van der Waals surface area contributed by atoms with Crippen LogP contribution in [0.4, 0.5) is 0 Å².